The van der Waals surface area contributed by atoms with Crippen molar-refractivity contribution in [1.82, 2.24) is 15.2 Å². The van der Waals surface area contributed by atoms with E-state index in [1.54, 1.807) is 11.3 Å². The highest BCUT2D eigenvalue weighted by atomic mass is 32.1. The largest absolute Gasteiger partial charge is 0.356 e. The number of carbonyl (C=O) groups excluding carboxylic acids is 1. The maximum absolute atomic E-state index is 11.8. The number of rotatable bonds is 8. The Morgan fingerprint density at radius 3 is 2.83 bits per heavy atom. The summed E-state index contributed by atoms with van der Waals surface area (Å²) >= 11 is 1.64. The lowest BCUT2D eigenvalue weighted by molar-refractivity contribution is -0.121. The molecule has 4 nitrogen and oxygen atoms in total. The zero-order valence-electron chi connectivity index (χ0n) is 14.1. The Morgan fingerprint density at radius 2 is 2.09 bits per heavy atom. The Kier molecular flexibility index (Phi) is 6.74. The monoisotopic (exact) mass is 331 g/mol. The molecule has 0 spiro atoms. The molecule has 0 radical (unpaired) electrons. The van der Waals surface area contributed by atoms with E-state index in [4.69, 9.17) is 0 Å². The van der Waals surface area contributed by atoms with Crippen LogP contribution in [0.3, 0.4) is 0 Å². The van der Waals surface area contributed by atoms with Crippen molar-refractivity contribution in [2.45, 2.75) is 26.2 Å². The number of thiazole rings is 1. The molecular formula is C18H25N3OS. The predicted octanol–water partition coefficient (Wildman–Crippen LogP) is 3.12. The average Bonchev–Trinajstić information content (AvgIpc) is 2.98. The van der Waals surface area contributed by atoms with Gasteiger partial charge in [-0.3, -0.25) is 4.79 Å². The zero-order valence-corrected chi connectivity index (χ0v) is 14.9. The minimum atomic E-state index is 0.106. The summed E-state index contributed by atoms with van der Waals surface area (Å²) in [5.74, 6) is 0.106. The average molecular weight is 331 g/mol. The molecule has 0 aliphatic heterocycles. The summed E-state index contributed by atoms with van der Waals surface area (Å²) in [7, 11) is 4.08. The molecule has 2 aromatic rings. The zero-order chi connectivity index (χ0) is 16.7. The highest BCUT2D eigenvalue weighted by Crippen LogP contribution is 2.26. The van der Waals surface area contributed by atoms with Gasteiger partial charge in [-0.25, -0.2) is 4.98 Å². The number of benzene rings is 1. The fraction of sp³-hybridized carbons (Fsp3) is 0.444. The summed E-state index contributed by atoms with van der Waals surface area (Å²) in [6.07, 6.45) is 2.17. The van der Waals surface area contributed by atoms with Gasteiger partial charge < -0.3 is 10.2 Å². The van der Waals surface area contributed by atoms with Gasteiger partial charge in [0.2, 0.25) is 5.91 Å². The number of nitrogens with zero attached hydrogens (tertiary/aromatic N) is 2. The van der Waals surface area contributed by atoms with Gasteiger partial charge in [0, 0.05) is 23.9 Å². The second-order valence-electron chi connectivity index (χ2n) is 5.97. The van der Waals surface area contributed by atoms with Crippen LogP contribution in [0.2, 0.25) is 0 Å². The summed E-state index contributed by atoms with van der Waals surface area (Å²) in [5, 5.41) is 6.05. The summed E-state index contributed by atoms with van der Waals surface area (Å²) in [4.78, 5) is 18.6. The minimum Gasteiger partial charge on any atom is -0.356 e. The van der Waals surface area contributed by atoms with Crippen molar-refractivity contribution in [2.24, 2.45) is 0 Å². The lowest BCUT2D eigenvalue weighted by Crippen LogP contribution is -2.27. The first kappa shape index (κ1) is 17.6. The molecule has 1 aromatic carbocycles. The number of carbonyl (C=O) groups is 1. The van der Waals surface area contributed by atoms with E-state index in [2.05, 4.69) is 39.6 Å². The van der Waals surface area contributed by atoms with E-state index in [9.17, 15) is 4.79 Å². The number of nitrogens with one attached hydrogen (secondary N) is 1. The van der Waals surface area contributed by atoms with E-state index in [1.807, 2.05) is 26.2 Å². The molecule has 1 amide bonds. The lowest BCUT2D eigenvalue weighted by Gasteiger charge is -2.09. The van der Waals surface area contributed by atoms with Crippen LogP contribution in [0.25, 0.3) is 10.6 Å². The van der Waals surface area contributed by atoms with E-state index in [-0.39, 0.29) is 5.91 Å². The smallest absolute Gasteiger partial charge is 0.220 e. The molecule has 2 rings (SSSR count). The highest BCUT2D eigenvalue weighted by molar-refractivity contribution is 7.13. The van der Waals surface area contributed by atoms with E-state index in [1.165, 1.54) is 11.1 Å². The van der Waals surface area contributed by atoms with Gasteiger partial charge in [0.1, 0.15) is 5.01 Å². The Bertz CT molecular complexity index is 637. The number of hydrogen-bond donors (Lipinski definition) is 1. The molecule has 0 saturated heterocycles. The van der Waals surface area contributed by atoms with Crippen molar-refractivity contribution < 1.29 is 4.79 Å². The van der Waals surface area contributed by atoms with Crippen LogP contribution in [0.15, 0.2) is 29.6 Å². The second kappa shape index (κ2) is 8.79. The normalized spacial score (nSPS) is 11.0. The Morgan fingerprint density at radius 1 is 1.30 bits per heavy atom. The molecule has 0 atom stereocenters. The maximum Gasteiger partial charge on any atom is 0.220 e. The molecule has 23 heavy (non-hydrogen) atoms. The number of aryl methyl sites for hydroxylation is 2. The van der Waals surface area contributed by atoms with Crippen LogP contribution >= 0.6 is 11.3 Å². The Hall–Kier alpha value is -1.72. The van der Waals surface area contributed by atoms with E-state index in [0.717, 1.165) is 30.2 Å². The molecule has 0 aliphatic rings. The topological polar surface area (TPSA) is 45.2 Å². The van der Waals surface area contributed by atoms with Crippen LogP contribution in [0, 0.1) is 6.92 Å². The lowest BCUT2D eigenvalue weighted by atomic mass is 10.1. The van der Waals surface area contributed by atoms with Crippen LogP contribution in [-0.4, -0.2) is 43.0 Å². The van der Waals surface area contributed by atoms with Gasteiger partial charge in [0.25, 0.3) is 0 Å². The molecule has 0 aliphatic carbocycles. The number of hydrogen-bond acceptors (Lipinski definition) is 4. The SMILES string of the molecule is Cc1ccccc1-c1nc(CCC(=O)NCCCN(C)C)cs1. The van der Waals surface area contributed by atoms with Gasteiger partial charge in [-0.2, -0.15) is 0 Å². The standard InChI is InChI=1S/C18H25N3OS/c1-14-7-4-5-8-16(14)18-20-15(13-23-18)9-10-17(22)19-11-6-12-21(2)3/h4-5,7-8,13H,6,9-12H2,1-3H3,(H,19,22). The molecule has 0 unspecified atom stereocenters. The summed E-state index contributed by atoms with van der Waals surface area (Å²) in [6.45, 7) is 3.83. The van der Waals surface area contributed by atoms with Crippen LogP contribution in [0.5, 0.6) is 0 Å². The van der Waals surface area contributed by atoms with Crippen molar-refractivity contribution in [3.63, 3.8) is 0 Å². The maximum atomic E-state index is 11.8. The number of aromatic nitrogens is 1. The molecule has 1 aromatic heterocycles. The summed E-state index contributed by atoms with van der Waals surface area (Å²) in [6, 6.07) is 8.26. The van der Waals surface area contributed by atoms with Crippen molar-refractivity contribution >= 4 is 17.2 Å². The van der Waals surface area contributed by atoms with Crippen molar-refractivity contribution in [3.05, 3.63) is 40.9 Å². The third-order valence-corrected chi connectivity index (χ3v) is 4.56. The van der Waals surface area contributed by atoms with Crippen molar-refractivity contribution in [1.29, 1.82) is 0 Å². The Balaban J connectivity index is 1.79. The first-order valence-electron chi connectivity index (χ1n) is 7.98. The van der Waals surface area contributed by atoms with Gasteiger partial charge >= 0.3 is 0 Å². The third kappa shape index (κ3) is 5.77. The van der Waals surface area contributed by atoms with Crippen LogP contribution in [-0.2, 0) is 11.2 Å². The third-order valence-electron chi connectivity index (χ3n) is 3.64. The molecule has 124 valence electrons. The van der Waals surface area contributed by atoms with Crippen LogP contribution in [0.1, 0.15) is 24.1 Å². The highest BCUT2D eigenvalue weighted by Gasteiger charge is 2.08. The molecule has 0 saturated carbocycles. The van der Waals surface area contributed by atoms with Gasteiger partial charge in [-0.1, -0.05) is 24.3 Å². The van der Waals surface area contributed by atoms with E-state index in [0.29, 0.717) is 12.8 Å². The molecule has 1 heterocycles. The van der Waals surface area contributed by atoms with Gasteiger partial charge in [0.05, 0.1) is 5.69 Å². The Labute approximate surface area is 142 Å². The fourth-order valence-electron chi connectivity index (χ4n) is 2.31. The van der Waals surface area contributed by atoms with Gasteiger partial charge in [-0.05, 0) is 46.0 Å². The van der Waals surface area contributed by atoms with E-state index < -0.39 is 0 Å². The molecule has 1 N–H and O–H groups in total. The fourth-order valence-corrected chi connectivity index (χ4v) is 3.26. The molecular weight excluding hydrogens is 306 g/mol. The molecule has 0 bridgehead atoms. The molecule has 5 heteroatoms. The first-order valence-corrected chi connectivity index (χ1v) is 8.86. The van der Waals surface area contributed by atoms with Crippen molar-refractivity contribution in [3.8, 4) is 10.6 Å². The van der Waals surface area contributed by atoms with E-state index >= 15 is 0 Å². The van der Waals surface area contributed by atoms with Crippen LogP contribution in [0.4, 0.5) is 0 Å². The molecule has 0 fully saturated rings. The first-order chi connectivity index (χ1) is 11.1. The number of amides is 1. The van der Waals surface area contributed by atoms with Crippen LogP contribution < -0.4 is 5.32 Å². The van der Waals surface area contributed by atoms with Crippen molar-refractivity contribution in [2.75, 3.05) is 27.2 Å². The quantitative estimate of drug-likeness (QED) is 0.756. The second-order valence-corrected chi connectivity index (χ2v) is 6.82. The summed E-state index contributed by atoms with van der Waals surface area (Å²) in [5.41, 5.74) is 3.40. The summed E-state index contributed by atoms with van der Waals surface area (Å²) < 4.78 is 0. The van der Waals surface area contributed by atoms with Gasteiger partial charge in [-0.15, -0.1) is 11.3 Å². The minimum absolute atomic E-state index is 0.106. The van der Waals surface area contributed by atoms with Gasteiger partial charge in [0.15, 0.2) is 0 Å². The predicted molar refractivity (Wildman–Crippen MR) is 96.8 cm³/mol.